The average molecular weight is 289 g/mol. The van der Waals surface area contributed by atoms with Crippen molar-refractivity contribution in [2.75, 3.05) is 13.1 Å². The number of pyridine rings is 1. The molecule has 1 aromatic rings. The molecule has 0 spiro atoms. The fourth-order valence-electron chi connectivity index (χ4n) is 2.45. The molecule has 3 rings (SSSR count). The van der Waals surface area contributed by atoms with E-state index in [0.29, 0.717) is 13.1 Å². The second kappa shape index (κ2) is 5.04. The molecule has 1 atom stereocenters. The molecule has 112 valence electrons. The molecule has 0 aliphatic carbocycles. The van der Waals surface area contributed by atoms with E-state index in [9.17, 15) is 4.79 Å². The summed E-state index contributed by atoms with van der Waals surface area (Å²) in [5.74, 6) is 0. The van der Waals surface area contributed by atoms with Crippen molar-refractivity contribution in [1.29, 1.82) is 0 Å². The standard InChI is InChI=1S/C15H19N3O3/c1-15(2,3)20-14(19)18-8-11-12(9-18)21-17-13(11)10-5-4-6-16-7-10/h4-7,12,17H,8-9H2,1-3H3. The monoisotopic (exact) mass is 289 g/mol. The zero-order valence-corrected chi connectivity index (χ0v) is 12.4. The number of hydrogen-bond acceptors (Lipinski definition) is 5. The van der Waals surface area contributed by atoms with Crippen LogP contribution in [0.2, 0.25) is 0 Å². The topological polar surface area (TPSA) is 63.7 Å². The van der Waals surface area contributed by atoms with Gasteiger partial charge >= 0.3 is 6.09 Å². The van der Waals surface area contributed by atoms with Gasteiger partial charge in [-0.05, 0) is 32.9 Å². The first-order valence-corrected chi connectivity index (χ1v) is 6.97. The minimum Gasteiger partial charge on any atom is -0.444 e. The van der Waals surface area contributed by atoms with Gasteiger partial charge in [-0.15, -0.1) is 0 Å². The molecule has 0 aromatic carbocycles. The molecule has 1 saturated heterocycles. The van der Waals surface area contributed by atoms with E-state index in [1.54, 1.807) is 17.3 Å². The number of hydroxylamine groups is 1. The first kappa shape index (κ1) is 13.9. The maximum absolute atomic E-state index is 12.1. The minimum absolute atomic E-state index is 0.118. The number of rotatable bonds is 1. The van der Waals surface area contributed by atoms with Gasteiger partial charge in [0.05, 0.1) is 18.8 Å². The summed E-state index contributed by atoms with van der Waals surface area (Å²) in [5, 5.41) is 0. The lowest BCUT2D eigenvalue weighted by Crippen LogP contribution is -2.36. The molecular weight excluding hydrogens is 270 g/mol. The average Bonchev–Trinajstić information content (AvgIpc) is 2.97. The van der Waals surface area contributed by atoms with Crippen molar-refractivity contribution in [3.63, 3.8) is 0 Å². The second-order valence-corrected chi connectivity index (χ2v) is 6.21. The van der Waals surface area contributed by atoms with Crippen molar-refractivity contribution in [2.24, 2.45) is 0 Å². The lowest BCUT2D eigenvalue weighted by atomic mass is 10.1. The van der Waals surface area contributed by atoms with Crippen molar-refractivity contribution in [2.45, 2.75) is 32.5 Å². The first-order valence-electron chi connectivity index (χ1n) is 6.97. The molecule has 0 saturated carbocycles. The summed E-state index contributed by atoms with van der Waals surface area (Å²) in [6.07, 6.45) is 3.08. The van der Waals surface area contributed by atoms with Gasteiger partial charge in [-0.3, -0.25) is 15.3 Å². The van der Waals surface area contributed by atoms with Crippen molar-refractivity contribution >= 4 is 11.8 Å². The lowest BCUT2D eigenvalue weighted by Gasteiger charge is -2.24. The number of carbonyl (C=O) groups is 1. The zero-order chi connectivity index (χ0) is 15.0. The molecule has 1 aromatic heterocycles. The molecule has 6 heteroatoms. The lowest BCUT2D eigenvalue weighted by molar-refractivity contribution is 0.0146. The maximum atomic E-state index is 12.1. The number of carbonyl (C=O) groups excluding carboxylic acids is 1. The largest absolute Gasteiger partial charge is 0.444 e. The van der Waals surface area contributed by atoms with Gasteiger partial charge in [0.15, 0.2) is 0 Å². The van der Waals surface area contributed by atoms with Gasteiger partial charge < -0.3 is 9.64 Å². The Balaban J connectivity index is 1.78. The van der Waals surface area contributed by atoms with Crippen LogP contribution in [0.3, 0.4) is 0 Å². The number of nitrogens with one attached hydrogen (secondary N) is 1. The smallest absolute Gasteiger partial charge is 0.410 e. The van der Waals surface area contributed by atoms with Crippen LogP contribution in [0, 0.1) is 0 Å². The van der Waals surface area contributed by atoms with E-state index >= 15 is 0 Å². The number of aromatic nitrogens is 1. The maximum Gasteiger partial charge on any atom is 0.410 e. The van der Waals surface area contributed by atoms with E-state index in [1.165, 1.54) is 0 Å². The van der Waals surface area contributed by atoms with Crippen molar-refractivity contribution in [1.82, 2.24) is 15.4 Å². The Morgan fingerprint density at radius 3 is 3.00 bits per heavy atom. The Morgan fingerprint density at radius 1 is 1.52 bits per heavy atom. The zero-order valence-electron chi connectivity index (χ0n) is 12.4. The molecule has 2 aliphatic rings. The highest BCUT2D eigenvalue weighted by atomic mass is 16.7. The van der Waals surface area contributed by atoms with E-state index in [0.717, 1.165) is 16.8 Å². The number of fused-ring (bicyclic) bond motifs is 1. The number of ether oxygens (including phenoxy) is 1. The Bertz CT molecular complexity index is 578. The molecule has 2 aliphatic heterocycles. The summed E-state index contributed by atoms with van der Waals surface area (Å²) in [6.45, 7) is 6.60. The van der Waals surface area contributed by atoms with Gasteiger partial charge in [-0.2, -0.15) is 0 Å². The van der Waals surface area contributed by atoms with E-state index < -0.39 is 5.60 Å². The fraction of sp³-hybridized carbons (Fsp3) is 0.467. The molecular formula is C15H19N3O3. The van der Waals surface area contributed by atoms with E-state index in [2.05, 4.69) is 10.5 Å². The van der Waals surface area contributed by atoms with Crippen molar-refractivity contribution in [3.8, 4) is 0 Å². The van der Waals surface area contributed by atoms with Crippen LogP contribution in [-0.4, -0.2) is 40.8 Å². The van der Waals surface area contributed by atoms with Gasteiger partial charge in [-0.25, -0.2) is 4.79 Å². The SMILES string of the molecule is CC(C)(C)OC(=O)N1CC2=C(c3cccnc3)NOC2C1. The normalized spacial score (nSPS) is 21.3. The molecule has 0 radical (unpaired) electrons. The molecule has 3 heterocycles. The summed E-state index contributed by atoms with van der Waals surface area (Å²) < 4.78 is 5.40. The van der Waals surface area contributed by atoms with Gasteiger partial charge in [0.25, 0.3) is 0 Å². The summed E-state index contributed by atoms with van der Waals surface area (Å²) in [5.41, 5.74) is 5.38. The van der Waals surface area contributed by atoms with E-state index in [4.69, 9.17) is 9.57 Å². The van der Waals surface area contributed by atoms with Gasteiger partial charge in [0.1, 0.15) is 11.7 Å². The minimum atomic E-state index is -0.492. The third-order valence-corrected chi connectivity index (χ3v) is 3.36. The van der Waals surface area contributed by atoms with Crippen molar-refractivity contribution in [3.05, 3.63) is 35.7 Å². The summed E-state index contributed by atoms with van der Waals surface area (Å²) >= 11 is 0. The van der Waals surface area contributed by atoms with E-state index in [-0.39, 0.29) is 12.2 Å². The summed E-state index contributed by atoms with van der Waals surface area (Å²) in [6, 6.07) is 3.84. The van der Waals surface area contributed by atoms with Crippen LogP contribution in [0.15, 0.2) is 30.1 Å². The number of amides is 1. The summed E-state index contributed by atoms with van der Waals surface area (Å²) in [7, 11) is 0. The molecule has 1 fully saturated rings. The molecule has 6 nitrogen and oxygen atoms in total. The quantitative estimate of drug-likeness (QED) is 0.856. The Hall–Kier alpha value is -2.08. The molecule has 21 heavy (non-hydrogen) atoms. The van der Waals surface area contributed by atoms with Crippen LogP contribution < -0.4 is 5.48 Å². The van der Waals surface area contributed by atoms with Gasteiger partial charge in [0.2, 0.25) is 0 Å². The highest BCUT2D eigenvalue weighted by Crippen LogP contribution is 2.31. The van der Waals surface area contributed by atoms with Gasteiger partial charge in [-0.1, -0.05) is 0 Å². The van der Waals surface area contributed by atoms with Crippen molar-refractivity contribution < 1.29 is 14.4 Å². The third kappa shape index (κ3) is 2.85. The molecule has 1 N–H and O–H groups in total. The number of hydrogen-bond donors (Lipinski definition) is 1. The highest BCUT2D eigenvalue weighted by Gasteiger charge is 2.39. The number of likely N-dealkylation sites (tertiary alicyclic amines) is 1. The predicted molar refractivity (Wildman–Crippen MR) is 77.0 cm³/mol. The number of nitrogens with zero attached hydrogens (tertiary/aromatic N) is 2. The van der Waals surface area contributed by atoms with Crippen LogP contribution in [0.25, 0.3) is 5.70 Å². The second-order valence-electron chi connectivity index (χ2n) is 6.21. The van der Waals surface area contributed by atoms with Crippen LogP contribution >= 0.6 is 0 Å². The molecule has 1 unspecified atom stereocenters. The molecule has 1 amide bonds. The molecule has 0 bridgehead atoms. The van der Waals surface area contributed by atoms with Crippen LogP contribution in [0.5, 0.6) is 0 Å². The summed E-state index contributed by atoms with van der Waals surface area (Å²) in [4.78, 5) is 23.5. The third-order valence-electron chi connectivity index (χ3n) is 3.36. The van der Waals surface area contributed by atoms with Crippen LogP contribution in [0.1, 0.15) is 26.3 Å². The fourth-order valence-corrected chi connectivity index (χ4v) is 2.45. The predicted octanol–water partition coefficient (Wildman–Crippen LogP) is 1.95. The first-order chi connectivity index (χ1) is 9.94. The Kier molecular flexibility index (Phi) is 3.33. The Labute approximate surface area is 123 Å². The van der Waals surface area contributed by atoms with Crippen LogP contribution in [-0.2, 0) is 9.57 Å². The van der Waals surface area contributed by atoms with Gasteiger partial charge in [0, 0.05) is 23.5 Å². The van der Waals surface area contributed by atoms with E-state index in [1.807, 2.05) is 32.9 Å². The Morgan fingerprint density at radius 2 is 2.33 bits per heavy atom. The highest BCUT2D eigenvalue weighted by molar-refractivity contribution is 5.74. The van der Waals surface area contributed by atoms with Crippen LogP contribution in [0.4, 0.5) is 4.79 Å².